The first-order valence-electron chi connectivity index (χ1n) is 9.85. The zero-order valence-electron chi connectivity index (χ0n) is 17.8. The summed E-state index contributed by atoms with van der Waals surface area (Å²) >= 11 is 12.7. The van der Waals surface area contributed by atoms with Crippen molar-refractivity contribution in [1.29, 1.82) is 0 Å². The fourth-order valence-corrected chi connectivity index (χ4v) is 6.13. The Morgan fingerprint density at radius 1 is 1.18 bits per heavy atom. The van der Waals surface area contributed by atoms with E-state index in [-0.39, 0.29) is 20.1 Å². The van der Waals surface area contributed by atoms with Gasteiger partial charge in [-0.05, 0) is 50.6 Å². The Balaban J connectivity index is 1.54. The number of hydrogen-bond donors (Lipinski definition) is 2. The number of carbonyl (C=O) groups excluding carboxylic acids is 1. The molecule has 174 valence electrons. The molecule has 1 amide bonds. The lowest BCUT2D eigenvalue weighted by atomic mass is 9.90. The van der Waals surface area contributed by atoms with Gasteiger partial charge in [0, 0.05) is 17.0 Å². The van der Waals surface area contributed by atoms with Crippen molar-refractivity contribution in [2.24, 2.45) is 0 Å². The van der Waals surface area contributed by atoms with Gasteiger partial charge in [0.25, 0.3) is 15.9 Å². The quantitative estimate of drug-likeness (QED) is 0.453. The summed E-state index contributed by atoms with van der Waals surface area (Å²) in [5.41, 5.74) is 1.37. The van der Waals surface area contributed by atoms with Gasteiger partial charge in [-0.25, -0.2) is 13.1 Å². The molecule has 4 rings (SSSR count). The minimum atomic E-state index is -4.01. The van der Waals surface area contributed by atoms with E-state index in [0.29, 0.717) is 17.2 Å². The Bertz CT molecular complexity index is 1340. The molecule has 2 N–H and O–H groups in total. The maximum atomic E-state index is 13.1. The third-order valence-electron chi connectivity index (χ3n) is 4.96. The molecule has 1 aliphatic heterocycles. The molecule has 0 fully saturated rings. The summed E-state index contributed by atoms with van der Waals surface area (Å²) < 4.78 is 34.6. The van der Waals surface area contributed by atoms with Crippen LogP contribution in [0.4, 0.5) is 5.13 Å². The second-order valence-corrected chi connectivity index (χ2v) is 11.9. The summed E-state index contributed by atoms with van der Waals surface area (Å²) in [5.74, 6) is 0.0872. The second kappa shape index (κ2) is 8.84. The normalized spacial score (nSPS) is 17.2. The molecule has 0 spiro atoms. The first-order valence-corrected chi connectivity index (χ1v) is 12.9. The SMILES string of the molecule is Cc1ccc2c(c1)OC(C)(C)C[C@@H]2NS(=O)(=O)c1nnc(NC(=O)c2ccc(Cl)cc2Cl)s1. The first kappa shape index (κ1) is 23.9. The molecule has 0 saturated carbocycles. The summed E-state index contributed by atoms with van der Waals surface area (Å²) in [7, 11) is -4.01. The van der Waals surface area contributed by atoms with Crippen LogP contribution >= 0.6 is 34.5 Å². The number of carbonyl (C=O) groups is 1. The molecule has 1 aromatic heterocycles. The van der Waals surface area contributed by atoms with E-state index in [2.05, 4.69) is 20.2 Å². The number of fused-ring (bicyclic) bond motifs is 1. The van der Waals surface area contributed by atoms with Crippen LogP contribution in [0.25, 0.3) is 0 Å². The third kappa shape index (κ3) is 5.30. The van der Waals surface area contributed by atoms with Gasteiger partial charge >= 0.3 is 0 Å². The first-order chi connectivity index (χ1) is 15.4. The Kier molecular flexibility index (Phi) is 6.41. The monoisotopic (exact) mass is 526 g/mol. The van der Waals surface area contributed by atoms with Crippen LogP contribution in [-0.4, -0.2) is 30.1 Å². The maximum Gasteiger partial charge on any atom is 0.270 e. The van der Waals surface area contributed by atoms with Crippen molar-refractivity contribution in [2.75, 3.05) is 5.32 Å². The fraction of sp³-hybridized carbons (Fsp3) is 0.286. The van der Waals surface area contributed by atoms with Crippen LogP contribution in [0.2, 0.25) is 10.0 Å². The molecular weight excluding hydrogens is 507 g/mol. The number of rotatable bonds is 5. The molecule has 0 saturated heterocycles. The van der Waals surface area contributed by atoms with Crippen LogP contribution in [-0.2, 0) is 10.0 Å². The Morgan fingerprint density at radius 2 is 1.94 bits per heavy atom. The summed E-state index contributed by atoms with van der Waals surface area (Å²) in [4.78, 5) is 12.5. The molecule has 33 heavy (non-hydrogen) atoms. The zero-order chi connectivity index (χ0) is 24.0. The zero-order valence-corrected chi connectivity index (χ0v) is 21.0. The molecular formula is C21H20Cl2N4O4S2. The van der Waals surface area contributed by atoms with Crippen LogP contribution < -0.4 is 14.8 Å². The van der Waals surface area contributed by atoms with Gasteiger partial charge in [-0.1, -0.05) is 46.7 Å². The minimum absolute atomic E-state index is 0.0229. The number of nitrogens with one attached hydrogen (secondary N) is 2. The third-order valence-corrected chi connectivity index (χ3v) is 8.18. The molecule has 2 aromatic carbocycles. The predicted molar refractivity (Wildman–Crippen MR) is 128 cm³/mol. The number of aromatic nitrogens is 2. The molecule has 0 aliphatic carbocycles. The van der Waals surface area contributed by atoms with Crippen LogP contribution in [0.15, 0.2) is 40.7 Å². The highest BCUT2D eigenvalue weighted by molar-refractivity contribution is 7.91. The van der Waals surface area contributed by atoms with Crippen LogP contribution in [0.5, 0.6) is 5.75 Å². The summed E-state index contributed by atoms with van der Waals surface area (Å²) in [6.45, 7) is 5.75. The van der Waals surface area contributed by atoms with Crippen molar-refractivity contribution < 1.29 is 17.9 Å². The number of hydrogen-bond acceptors (Lipinski definition) is 7. The molecule has 8 nitrogen and oxygen atoms in total. The van der Waals surface area contributed by atoms with E-state index >= 15 is 0 Å². The standard InChI is InChI=1S/C21H20Cl2N4O4S2/c1-11-4-6-14-16(10-21(2,3)31-17(14)8-11)27-33(29,30)20-26-25-19(32-20)24-18(28)13-7-5-12(22)9-15(13)23/h4-9,16,27H,10H2,1-3H3,(H,24,25,28)/t16-/m0/s1. The minimum Gasteiger partial charge on any atom is -0.487 e. The lowest BCUT2D eigenvalue weighted by Crippen LogP contribution is -2.41. The number of benzene rings is 2. The number of halogens is 2. The average molecular weight is 527 g/mol. The Hall–Kier alpha value is -2.24. The number of nitrogens with zero attached hydrogens (tertiary/aromatic N) is 2. The van der Waals surface area contributed by atoms with Crippen molar-refractivity contribution in [3.63, 3.8) is 0 Å². The van der Waals surface area contributed by atoms with Crippen molar-refractivity contribution in [3.05, 3.63) is 63.1 Å². The molecule has 1 atom stereocenters. The molecule has 2 heterocycles. The van der Waals surface area contributed by atoms with Gasteiger partial charge in [0.2, 0.25) is 9.47 Å². The number of ether oxygens (including phenoxy) is 1. The van der Waals surface area contributed by atoms with E-state index in [1.165, 1.54) is 18.2 Å². The van der Waals surface area contributed by atoms with E-state index in [1.807, 2.05) is 39.0 Å². The highest BCUT2D eigenvalue weighted by Crippen LogP contribution is 2.40. The number of amides is 1. The van der Waals surface area contributed by atoms with Crippen molar-refractivity contribution in [2.45, 2.75) is 43.2 Å². The molecule has 0 unspecified atom stereocenters. The van der Waals surface area contributed by atoms with Gasteiger partial charge in [-0.3, -0.25) is 10.1 Å². The Morgan fingerprint density at radius 3 is 2.67 bits per heavy atom. The predicted octanol–water partition coefficient (Wildman–Crippen LogP) is 4.99. The van der Waals surface area contributed by atoms with Gasteiger partial charge in [0.15, 0.2) is 0 Å². The molecule has 12 heteroatoms. The van der Waals surface area contributed by atoms with Crippen LogP contribution in [0, 0.1) is 6.92 Å². The summed E-state index contributed by atoms with van der Waals surface area (Å²) in [6.07, 6.45) is 0.430. The van der Waals surface area contributed by atoms with Gasteiger partial charge < -0.3 is 4.74 Å². The summed E-state index contributed by atoms with van der Waals surface area (Å²) in [6, 6.07) is 9.56. The van der Waals surface area contributed by atoms with E-state index in [4.69, 9.17) is 27.9 Å². The molecule has 0 radical (unpaired) electrons. The number of sulfonamides is 1. The fourth-order valence-electron chi connectivity index (χ4n) is 3.51. The maximum absolute atomic E-state index is 13.1. The van der Waals surface area contributed by atoms with Gasteiger partial charge in [0.1, 0.15) is 11.4 Å². The lowest BCUT2D eigenvalue weighted by Gasteiger charge is -2.37. The second-order valence-electron chi connectivity index (χ2n) is 8.23. The molecule has 1 aliphatic rings. The summed E-state index contributed by atoms with van der Waals surface area (Å²) in [5, 5.41) is 10.6. The van der Waals surface area contributed by atoms with Crippen LogP contribution in [0.1, 0.15) is 47.8 Å². The largest absolute Gasteiger partial charge is 0.487 e. The molecule has 3 aromatic rings. The molecule has 0 bridgehead atoms. The van der Waals surface area contributed by atoms with E-state index in [9.17, 15) is 13.2 Å². The average Bonchev–Trinajstić information content (AvgIpc) is 3.15. The highest BCUT2D eigenvalue weighted by atomic mass is 35.5. The highest BCUT2D eigenvalue weighted by Gasteiger charge is 2.37. The number of aryl methyl sites for hydroxylation is 1. The van der Waals surface area contributed by atoms with Gasteiger partial charge in [-0.2, -0.15) is 0 Å². The van der Waals surface area contributed by atoms with Crippen LogP contribution in [0.3, 0.4) is 0 Å². The van der Waals surface area contributed by atoms with E-state index in [1.54, 1.807) is 0 Å². The van der Waals surface area contributed by atoms with E-state index < -0.39 is 27.6 Å². The topological polar surface area (TPSA) is 110 Å². The van der Waals surface area contributed by atoms with E-state index in [0.717, 1.165) is 22.5 Å². The van der Waals surface area contributed by atoms with Crippen molar-refractivity contribution >= 4 is 55.6 Å². The van der Waals surface area contributed by atoms with Gasteiger partial charge in [-0.15, -0.1) is 10.2 Å². The number of anilines is 1. The Labute approximate surface area is 205 Å². The van der Waals surface area contributed by atoms with Crippen molar-refractivity contribution in [1.82, 2.24) is 14.9 Å². The van der Waals surface area contributed by atoms with Crippen molar-refractivity contribution in [3.8, 4) is 5.75 Å². The smallest absolute Gasteiger partial charge is 0.270 e. The lowest BCUT2D eigenvalue weighted by molar-refractivity contribution is 0.0701. The van der Waals surface area contributed by atoms with Gasteiger partial charge in [0.05, 0.1) is 16.6 Å².